The highest BCUT2D eigenvalue weighted by Crippen LogP contribution is 2.25. The average Bonchev–Trinajstić information content (AvgIpc) is 2.89. The lowest BCUT2D eigenvalue weighted by Gasteiger charge is -2.39. The summed E-state index contributed by atoms with van der Waals surface area (Å²) in [5.74, 6) is 0.985. The minimum Gasteiger partial charge on any atom is -0.493 e. The first-order valence-electron chi connectivity index (χ1n) is 12.2. The minimum atomic E-state index is -0.149. The highest BCUT2D eigenvalue weighted by molar-refractivity contribution is 5.82. The van der Waals surface area contributed by atoms with Crippen LogP contribution < -0.4 is 4.74 Å². The Kier molecular flexibility index (Phi) is 8.20. The molecule has 0 bridgehead atoms. The molecule has 1 atom stereocenters. The summed E-state index contributed by atoms with van der Waals surface area (Å²) < 4.78 is 11.0. The van der Waals surface area contributed by atoms with Crippen molar-refractivity contribution in [2.45, 2.75) is 32.1 Å². The first kappa shape index (κ1) is 23.5. The van der Waals surface area contributed by atoms with Crippen molar-refractivity contribution in [2.75, 3.05) is 59.1 Å². The molecule has 0 spiro atoms. The quantitative estimate of drug-likeness (QED) is 0.651. The standard InChI is InChI=1S/C25H35N3O5/c29-23(10-16-33-22-6-2-1-3-7-22)28-11-4-5-21(19-28)25(31)26-12-8-20(9-13-26)24(30)27-14-17-32-18-15-27/h1-3,6-7,20-21H,4-5,8-19H2. The fraction of sp³-hybridized carbons (Fsp3) is 0.640. The molecule has 3 aliphatic heterocycles. The SMILES string of the molecule is O=C(CCOc1ccccc1)N1CCCC(C(=O)N2CCC(C(=O)N3CCOCC3)CC2)C1. The van der Waals surface area contributed by atoms with Crippen LogP contribution in [0.1, 0.15) is 32.1 Å². The van der Waals surface area contributed by atoms with Gasteiger partial charge in [-0.15, -0.1) is 0 Å². The molecule has 1 aromatic rings. The van der Waals surface area contributed by atoms with Crippen LogP contribution in [0.25, 0.3) is 0 Å². The summed E-state index contributed by atoms with van der Waals surface area (Å²) in [6.45, 7) is 5.31. The molecule has 3 aliphatic rings. The molecule has 3 heterocycles. The van der Waals surface area contributed by atoms with Gasteiger partial charge in [0.25, 0.3) is 0 Å². The molecule has 3 fully saturated rings. The number of rotatable bonds is 6. The lowest BCUT2D eigenvalue weighted by Crippen LogP contribution is -2.51. The maximum Gasteiger partial charge on any atom is 0.227 e. The number of piperidine rings is 2. The Morgan fingerprint density at radius 1 is 0.818 bits per heavy atom. The maximum absolute atomic E-state index is 13.1. The molecular weight excluding hydrogens is 422 g/mol. The van der Waals surface area contributed by atoms with Gasteiger partial charge in [0, 0.05) is 45.2 Å². The molecule has 4 rings (SSSR count). The Bertz CT molecular complexity index is 804. The van der Waals surface area contributed by atoms with Crippen LogP contribution in [-0.2, 0) is 19.1 Å². The van der Waals surface area contributed by atoms with Crippen LogP contribution in [0, 0.1) is 11.8 Å². The zero-order valence-corrected chi connectivity index (χ0v) is 19.3. The van der Waals surface area contributed by atoms with Gasteiger partial charge in [-0.1, -0.05) is 18.2 Å². The van der Waals surface area contributed by atoms with E-state index in [2.05, 4.69) is 0 Å². The number of amides is 3. The van der Waals surface area contributed by atoms with Gasteiger partial charge in [0.2, 0.25) is 17.7 Å². The van der Waals surface area contributed by atoms with E-state index in [0.717, 1.165) is 18.6 Å². The molecule has 3 amide bonds. The second-order valence-corrected chi connectivity index (χ2v) is 9.13. The third-order valence-electron chi connectivity index (χ3n) is 6.93. The fourth-order valence-electron chi connectivity index (χ4n) is 4.98. The molecule has 0 aliphatic carbocycles. The lowest BCUT2D eigenvalue weighted by atomic mass is 9.92. The predicted molar refractivity (Wildman–Crippen MR) is 123 cm³/mol. The minimum absolute atomic E-state index is 0.00111. The number of hydrogen-bond donors (Lipinski definition) is 0. The summed E-state index contributed by atoms with van der Waals surface area (Å²) in [5.41, 5.74) is 0. The molecule has 0 saturated carbocycles. The summed E-state index contributed by atoms with van der Waals surface area (Å²) >= 11 is 0. The van der Waals surface area contributed by atoms with Crippen LogP contribution in [0.3, 0.4) is 0 Å². The first-order valence-corrected chi connectivity index (χ1v) is 12.2. The van der Waals surface area contributed by atoms with Gasteiger partial charge < -0.3 is 24.2 Å². The van der Waals surface area contributed by atoms with Gasteiger partial charge in [-0.3, -0.25) is 14.4 Å². The monoisotopic (exact) mass is 457 g/mol. The summed E-state index contributed by atoms with van der Waals surface area (Å²) in [6.07, 6.45) is 3.40. The van der Waals surface area contributed by atoms with Gasteiger partial charge in [-0.25, -0.2) is 0 Å². The Labute approximate surface area is 195 Å². The number of ether oxygens (including phenoxy) is 2. The molecule has 1 aromatic carbocycles. The zero-order valence-electron chi connectivity index (χ0n) is 19.3. The van der Waals surface area contributed by atoms with E-state index in [1.54, 1.807) is 0 Å². The van der Waals surface area contributed by atoms with Crippen LogP contribution in [-0.4, -0.2) is 91.5 Å². The van der Waals surface area contributed by atoms with Gasteiger partial charge >= 0.3 is 0 Å². The van der Waals surface area contributed by atoms with E-state index in [0.29, 0.717) is 78.4 Å². The lowest BCUT2D eigenvalue weighted by molar-refractivity contribution is -0.147. The maximum atomic E-state index is 13.1. The van der Waals surface area contributed by atoms with Gasteiger partial charge in [0.05, 0.1) is 32.2 Å². The Balaban J connectivity index is 1.20. The highest BCUT2D eigenvalue weighted by Gasteiger charge is 2.35. The van der Waals surface area contributed by atoms with Gasteiger partial charge in [0.15, 0.2) is 0 Å². The number of likely N-dealkylation sites (tertiary alicyclic amines) is 2. The third-order valence-corrected chi connectivity index (χ3v) is 6.93. The first-order chi connectivity index (χ1) is 16.1. The number of hydrogen-bond acceptors (Lipinski definition) is 5. The van der Waals surface area contributed by atoms with Crippen molar-refractivity contribution >= 4 is 17.7 Å². The summed E-state index contributed by atoms with van der Waals surface area (Å²) in [6, 6.07) is 9.47. The molecule has 1 unspecified atom stereocenters. The van der Waals surface area contributed by atoms with Gasteiger partial charge in [-0.05, 0) is 37.8 Å². The van der Waals surface area contributed by atoms with Crippen molar-refractivity contribution in [3.8, 4) is 5.75 Å². The van der Waals surface area contributed by atoms with Crippen LogP contribution >= 0.6 is 0 Å². The van der Waals surface area contributed by atoms with E-state index < -0.39 is 0 Å². The van der Waals surface area contributed by atoms with Crippen molar-refractivity contribution in [1.29, 1.82) is 0 Å². The molecule has 8 nitrogen and oxygen atoms in total. The number of para-hydroxylation sites is 1. The Morgan fingerprint density at radius 2 is 1.48 bits per heavy atom. The van der Waals surface area contributed by atoms with E-state index in [-0.39, 0.29) is 29.6 Å². The smallest absolute Gasteiger partial charge is 0.227 e. The van der Waals surface area contributed by atoms with E-state index in [9.17, 15) is 14.4 Å². The molecule has 8 heteroatoms. The normalized spacial score (nSPS) is 22.2. The van der Waals surface area contributed by atoms with E-state index in [1.807, 2.05) is 45.0 Å². The highest BCUT2D eigenvalue weighted by atomic mass is 16.5. The summed E-state index contributed by atoms with van der Waals surface area (Å²) in [7, 11) is 0. The van der Waals surface area contributed by atoms with Crippen LogP contribution in [0.2, 0.25) is 0 Å². The van der Waals surface area contributed by atoms with Crippen LogP contribution in [0.15, 0.2) is 30.3 Å². The van der Waals surface area contributed by atoms with Crippen LogP contribution in [0.5, 0.6) is 5.75 Å². The van der Waals surface area contributed by atoms with Crippen molar-refractivity contribution in [2.24, 2.45) is 11.8 Å². The molecule has 0 radical (unpaired) electrons. The Hall–Kier alpha value is -2.61. The third kappa shape index (κ3) is 6.25. The molecular formula is C25H35N3O5. The topological polar surface area (TPSA) is 79.4 Å². The second-order valence-electron chi connectivity index (χ2n) is 9.13. The number of carbonyl (C=O) groups excluding carboxylic acids is 3. The fourth-order valence-corrected chi connectivity index (χ4v) is 4.98. The molecule has 0 aromatic heterocycles. The molecule has 3 saturated heterocycles. The largest absolute Gasteiger partial charge is 0.493 e. The average molecular weight is 458 g/mol. The predicted octanol–water partition coefficient (Wildman–Crippen LogP) is 1.79. The van der Waals surface area contributed by atoms with E-state index >= 15 is 0 Å². The summed E-state index contributed by atoms with van der Waals surface area (Å²) in [4.78, 5) is 44.2. The molecule has 180 valence electrons. The number of morpholine rings is 1. The number of nitrogens with zero attached hydrogens (tertiary/aromatic N) is 3. The number of carbonyl (C=O) groups is 3. The second kappa shape index (κ2) is 11.5. The Morgan fingerprint density at radius 3 is 2.21 bits per heavy atom. The molecule has 33 heavy (non-hydrogen) atoms. The van der Waals surface area contributed by atoms with E-state index in [4.69, 9.17) is 9.47 Å². The van der Waals surface area contributed by atoms with Crippen molar-refractivity contribution < 1.29 is 23.9 Å². The van der Waals surface area contributed by atoms with Gasteiger partial charge in [0.1, 0.15) is 5.75 Å². The van der Waals surface area contributed by atoms with Crippen molar-refractivity contribution in [1.82, 2.24) is 14.7 Å². The van der Waals surface area contributed by atoms with Gasteiger partial charge in [-0.2, -0.15) is 0 Å². The van der Waals surface area contributed by atoms with Crippen molar-refractivity contribution in [3.63, 3.8) is 0 Å². The zero-order chi connectivity index (χ0) is 23.0. The summed E-state index contributed by atoms with van der Waals surface area (Å²) in [5, 5.41) is 0. The van der Waals surface area contributed by atoms with E-state index in [1.165, 1.54) is 0 Å². The van der Waals surface area contributed by atoms with Crippen LogP contribution in [0.4, 0.5) is 0 Å². The molecule has 0 N–H and O–H groups in total. The van der Waals surface area contributed by atoms with Crippen molar-refractivity contribution in [3.05, 3.63) is 30.3 Å². The number of benzene rings is 1.